The van der Waals surface area contributed by atoms with Gasteiger partial charge in [0.1, 0.15) is 0 Å². The number of aromatic amines is 1. The summed E-state index contributed by atoms with van der Waals surface area (Å²) in [5.74, 6) is 0.271. The van der Waals surface area contributed by atoms with Crippen molar-refractivity contribution in [2.75, 3.05) is 19.6 Å². The Balaban J connectivity index is 0.00000208. The highest BCUT2D eigenvalue weighted by Crippen LogP contribution is 2.20. The minimum atomic E-state index is 0. The first-order valence-corrected chi connectivity index (χ1v) is 8.41. The predicted molar refractivity (Wildman–Crippen MR) is 98.0 cm³/mol. The highest BCUT2D eigenvalue weighted by atomic mass is 35.5. The topological polar surface area (TPSA) is 61.0 Å². The van der Waals surface area contributed by atoms with E-state index < -0.39 is 0 Å². The quantitative estimate of drug-likeness (QED) is 0.789. The summed E-state index contributed by atoms with van der Waals surface area (Å²) in [5.41, 5.74) is 3.30. The number of carbonyl (C=O) groups excluding carboxylic acids is 1. The van der Waals surface area contributed by atoms with Crippen molar-refractivity contribution in [2.45, 2.75) is 32.2 Å². The number of rotatable bonds is 6. The molecule has 1 fully saturated rings. The Hall–Kier alpha value is -1.85. The summed E-state index contributed by atoms with van der Waals surface area (Å²) in [5, 5.41) is 10.6. The van der Waals surface area contributed by atoms with Crippen LogP contribution in [0.5, 0.6) is 0 Å². The monoisotopic (exact) mass is 348 g/mol. The van der Waals surface area contributed by atoms with Crippen molar-refractivity contribution in [3.05, 3.63) is 42.1 Å². The lowest BCUT2D eigenvalue weighted by Gasteiger charge is -2.26. The highest BCUT2D eigenvalue weighted by Gasteiger charge is 2.15. The molecule has 1 aromatic carbocycles. The average Bonchev–Trinajstić information content (AvgIpc) is 3.08. The van der Waals surface area contributed by atoms with Crippen LogP contribution in [0.15, 0.2) is 36.5 Å². The second-order valence-corrected chi connectivity index (χ2v) is 6.00. The molecule has 2 aromatic rings. The van der Waals surface area contributed by atoms with E-state index in [9.17, 15) is 4.79 Å². The van der Waals surface area contributed by atoms with Crippen LogP contribution in [0, 0.1) is 0 Å². The van der Waals surface area contributed by atoms with Gasteiger partial charge in [-0.1, -0.05) is 30.3 Å². The third kappa shape index (κ3) is 4.82. The molecule has 0 bridgehead atoms. The van der Waals surface area contributed by atoms with Gasteiger partial charge in [-0.3, -0.25) is 9.89 Å². The normalized spacial score (nSPS) is 14.2. The molecule has 2 N–H and O–H groups in total. The number of likely N-dealkylation sites (tertiary alicyclic amines) is 1. The maximum atomic E-state index is 12.1. The zero-order valence-corrected chi connectivity index (χ0v) is 14.6. The Bertz CT molecular complexity index is 623. The van der Waals surface area contributed by atoms with Crippen LogP contribution < -0.4 is 5.32 Å². The summed E-state index contributed by atoms with van der Waals surface area (Å²) in [6.45, 7) is 3.28. The molecule has 2 heterocycles. The van der Waals surface area contributed by atoms with Gasteiger partial charge in [0.2, 0.25) is 5.91 Å². The number of nitrogens with one attached hydrogen (secondary N) is 2. The van der Waals surface area contributed by atoms with Crippen LogP contribution in [0.3, 0.4) is 0 Å². The molecule has 1 aromatic heterocycles. The standard InChI is InChI=1S/C18H24N4O.ClH/c23-17(22-11-5-2-6-12-22)9-10-19-13-16-14-20-21-18(16)15-7-3-1-4-8-15;/h1,3-4,7-8,14,19H,2,5-6,9-13H2,(H,20,21);1H. The van der Waals surface area contributed by atoms with Crippen LogP contribution >= 0.6 is 12.4 Å². The lowest BCUT2D eigenvalue weighted by atomic mass is 10.1. The lowest BCUT2D eigenvalue weighted by molar-refractivity contribution is -0.131. The maximum absolute atomic E-state index is 12.1. The van der Waals surface area contributed by atoms with Crippen molar-refractivity contribution in [2.24, 2.45) is 0 Å². The van der Waals surface area contributed by atoms with Crippen LogP contribution in [0.4, 0.5) is 0 Å². The Morgan fingerprint density at radius 2 is 1.92 bits per heavy atom. The number of halogens is 1. The van der Waals surface area contributed by atoms with Gasteiger partial charge in [0.25, 0.3) is 0 Å². The first-order valence-electron chi connectivity index (χ1n) is 8.41. The summed E-state index contributed by atoms with van der Waals surface area (Å²) in [6.07, 6.45) is 5.97. The molecule has 0 spiro atoms. The van der Waals surface area contributed by atoms with Crippen LogP contribution in [-0.4, -0.2) is 40.6 Å². The predicted octanol–water partition coefficient (Wildman–Crippen LogP) is 2.99. The number of hydrogen-bond acceptors (Lipinski definition) is 3. The van der Waals surface area contributed by atoms with Gasteiger partial charge in [-0.2, -0.15) is 5.10 Å². The van der Waals surface area contributed by atoms with Crippen LogP contribution in [-0.2, 0) is 11.3 Å². The smallest absolute Gasteiger partial charge is 0.223 e. The van der Waals surface area contributed by atoms with E-state index in [1.807, 2.05) is 29.3 Å². The number of piperidine rings is 1. The van der Waals surface area contributed by atoms with Gasteiger partial charge in [0.05, 0.1) is 11.9 Å². The SMILES string of the molecule is Cl.O=C(CCNCc1cn[nH]c1-c1ccccc1)N1CCCCC1. The van der Waals surface area contributed by atoms with E-state index in [1.165, 1.54) is 6.42 Å². The molecule has 1 aliphatic heterocycles. The first-order chi connectivity index (χ1) is 11.3. The number of amides is 1. The Kier molecular flexibility index (Phi) is 7.28. The van der Waals surface area contributed by atoms with Gasteiger partial charge in [-0.15, -0.1) is 12.4 Å². The molecule has 6 heteroatoms. The third-order valence-electron chi connectivity index (χ3n) is 4.32. The second-order valence-electron chi connectivity index (χ2n) is 6.00. The summed E-state index contributed by atoms with van der Waals surface area (Å²) < 4.78 is 0. The van der Waals surface area contributed by atoms with Crippen molar-refractivity contribution in [1.82, 2.24) is 20.4 Å². The van der Waals surface area contributed by atoms with Crippen LogP contribution in [0.1, 0.15) is 31.2 Å². The summed E-state index contributed by atoms with van der Waals surface area (Å²) in [4.78, 5) is 14.1. The van der Waals surface area contributed by atoms with E-state index in [0.717, 1.165) is 42.8 Å². The number of carbonyl (C=O) groups is 1. The van der Waals surface area contributed by atoms with E-state index in [0.29, 0.717) is 19.5 Å². The molecule has 1 saturated heterocycles. The Labute approximate surface area is 149 Å². The van der Waals surface area contributed by atoms with E-state index >= 15 is 0 Å². The van der Waals surface area contributed by atoms with E-state index in [1.54, 1.807) is 0 Å². The molecule has 5 nitrogen and oxygen atoms in total. The van der Waals surface area contributed by atoms with Crippen molar-refractivity contribution < 1.29 is 4.79 Å². The molecule has 0 aliphatic carbocycles. The minimum Gasteiger partial charge on any atom is -0.343 e. The molecule has 1 aliphatic rings. The Morgan fingerprint density at radius 3 is 2.67 bits per heavy atom. The molecule has 1 amide bonds. The highest BCUT2D eigenvalue weighted by molar-refractivity contribution is 5.85. The number of H-pyrrole nitrogens is 1. The van der Waals surface area contributed by atoms with Crippen molar-refractivity contribution in [3.63, 3.8) is 0 Å². The third-order valence-corrected chi connectivity index (χ3v) is 4.32. The number of hydrogen-bond donors (Lipinski definition) is 2. The summed E-state index contributed by atoms with van der Waals surface area (Å²) in [6, 6.07) is 10.2. The molecule has 0 atom stereocenters. The number of aromatic nitrogens is 2. The van der Waals surface area contributed by atoms with Crippen molar-refractivity contribution in [1.29, 1.82) is 0 Å². The van der Waals surface area contributed by atoms with E-state index in [4.69, 9.17) is 0 Å². The zero-order valence-electron chi connectivity index (χ0n) is 13.8. The second kappa shape index (κ2) is 9.45. The van der Waals surface area contributed by atoms with E-state index in [2.05, 4.69) is 27.6 Å². The van der Waals surface area contributed by atoms with Crippen molar-refractivity contribution in [3.8, 4) is 11.3 Å². The molecule has 0 unspecified atom stereocenters. The van der Waals surface area contributed by atoms with Crippen LogP contribution in [0.2, 0.25) is 0 Å². The first kappa shape index (κ1) is 18.5. The van der Waals surface area contributed by atoms with Gasteiger partial charge in [-0.25, -0.2) is 0 Å². The van der Waals surface area contributed by atoms with Gasteiger partial charge in [-0.05, 0) is 24.8 Å². The Morgan fingerprint density at radius 1 is 1.17 bits per heavy atom. The number of benzene rings is 1. The molecular weight excluding hydrogens is 324 g/mol. The van der Waals surface area contributed by atoms with Gasteiger partial charge < -0.3 is 10.2 Å². The van der Waals surface area contributed by atoms with Gasteiger partial charge in [0.15, 0.2) is 0 Å². The zero-order chi connectivity index (χ0) is 15.9. The fraction of sp³-hybridized carbons (Fsp3) is 0.444. The maximum Gasteiger partial charge on any atom is 0.223 e. The fourth-order valence-electron chi connectivity index (χ4n) is 3.02. The lowest BCUT2D eigenvalue weighted by Crippen LogP contribution is -2.37. The van der Waals surface area contributed by atoms with Crippen molar-refractivity contribution >= 4 is 18.3 Å². The number of nitrogens with zero attached hydrogens (tertiary/aromatic N) is 2. The fourth-order valence-corrected chi connectivity index (χ4v) is 3.02. The largest absolute Gasteiger partial charge is 0.343 e. The van der Waals surface area contributed by atoms with Gasteiger partial charge in [0, 0.05) is 38.2 Å². The molecule has 3 rings (SSSR count). The molecule has 24 heavy (non-hydrogen) atoms. The van der Waals surface area contributed by atoms with Crippen LogP contribution in [0.25, 0.3) is 11.3 Å². The molecule has 130 valence electrons. The summed E-state index contributed by atoms with van der Waals surface area (Å²) >= 11 is 0. The average molecular weight is 349 g/mol. The van der Waals surface area contributed by atoms with E-state index in [-0.39, 0.29) is 18.3 Å². The molecule has 0 radical (unpaired) electrons. The minimum absolute atomic E-state index is 0. The summed E-state index contributed by atoms with van der Waals surface area (Å²) in [7, 11) is 0. The molecular formula is C18H25ClN4O. The van der Waals surface area contributed by atoms with Gasteiger partial charge >= 0.3 is 0 Å². The molecule has 0 saturated carbocycles.